The molecule has 6 nitrogen and oxygen atoms in total. The van der Waals surface area contributed by atoms with Crippen LogP contribution in [0.25, 0.3) is 0 Å². The van der Waals surface area contributed by atoms with E-state index in [1.807, 2.05) is 24.3 Å². The Bertz CT molecular complexity index is 639. The average molecular weight is 376 g/mol. The number of aliphatic hydroxyl groups is 1. The van der Waals surface area contributed by atoms with Gasteiger partial charge in [0.2, 0.25) is 0 Å². The number of methoxy groups -OCH3 is 3. The van der Waals surface area contributed by atoms with Gasteiger partial charge in [-0.3, -0.25) is 0 Å². The number of aromatic hydroxyl groups is 2. The van der Waals surface area contributed by atoms with Gasteiger partial charge >= 0.3 is 0 Å². The molecule has 0 saturated heterocycles. The Kier molecular flexibility index (Phi) is 8.06. The van der Waals surface area contributed by atoms with Gasteiger partial charge in [0.05, 0.1) is 19.8 Å². The Morgan fingerprint density at radius 1 is 0.667 bits per heavy atom. The highest BCUT2D eigenvalue weighted by Gasteiger charge is 2.13. The van der Waals surface area contributed by atoms with Crippen LogP contribution in [-0.4, -0.2) is 43.3 Å². The Morgan fingerprint density at radius 3 is 1.41 bits per heavy atom. The third-order valence-electron chi connectivity index (χ3n) is 4.34. The standard InChI is InChI=1S/C21H28O6/c1-25-11-17-8-14(7-16(4-5-22)20(17)23)6-15-9-18(12-26-2)21(24)19(10-15)13-27-3/h7-10,22-24H,4-6,11-13H2,1-3H3. The molecule has 0 amide bonds. The van der Waals surface area contributed by atoms with Crippen molar-refractivity contribution in [2.24, 2.45) is 0 Å². The predicted molar refractivity (Wildman–Crippen MR) is 102 cm³/mol. The van der Waals surface area contributed by atoms with E-state index in [0.29, 0.717) is 48.3 Å². The van der Waals surface area contributed by atoms with Crippen LogP contribution in [0.3, 0.4) is 0 Å². The molecule has 6 heteroatoms. The van der Waals surface area contributed by atoms with Gasteiger partial charge in [-0.15, -0.1) is 0 Å². The highest BCUT2D eigenvalue weighted by atomic mass is 16.5. The fourth-order valence-electron chi connectivity index (χ4n) is 3.21. The number of phenolic OH excluding ortho intramolecular Hbond substituents is 2. The van der Waals surface area contributed by atoms with E-state index in [-0.39, 0.29) is 24.7 Å². The second-order valence-corrected chi connectivity index (χ2v) is 6.47. The minimum Gasteiger partial charge on any atom is -0.507 e. The Balaban J connectivity index is 2.42. The summed E-state index contributed by atoms with van der Waals surface area (Å²) in [6.45, 7) is 0.851. The zero-order chi connectivity index (χ0) is 19.8. The quantitative estimate of drug-likeness (QED) is 0.591. The van der Waals surface area contributed by atoms with Crippen molar-refractivity contribution in [2.75, 3.05) is 27.9 Å². The van der Waals surface area contributed by atoms with E-state index >= 15 is 0 Å². The minimum atomic E-state index is -0.0430. The van der Waals surface area contributed by atoms with E-state index in [2.05, 4.69) is 0 Å². The van der Waals surface area contributed by atoms with Gasteiger partial charge in [-0.1, -0.05) is 6.07 Å². The van der Waals surface area contributed by atoms with E-state index in [0.717, 1.165) is 11.1 Å². The van der Waals surface area contributed by atoms with Crippen LogP contribution in [0.4, 0.5) is 0 Å². The maximum atomic E-state index is 10.4. The lowest BCUT2D eigenvalue weighted by molar-refractivity contribution is 0.174. The lowest BCUT2D eigenvalue weighted by atomic mass is 9.95. The molecule has 0 spiro atoms. The number of hydrogen-bond acceptors (Lipinski definition) is 6. The SMILES string of the molecule is COCc1cc(Cc2cc(COC)c(O)c(COC)c2)cc(CCO)c1O. The van der Waals surface area contributed by atoms with Crippen LogP contribution in [0.15, 0.2) is 24.3 Å². The summed E-state index contributed by atoms with van der Waals surface area (Å²) >= 11 is 0. The molecule has 27 heavy (non-hydrogen) atoms. The highest BCUT2D eigenvalue weighted by Crippen LogP contribution is 2.30. The van der Waals surface area contributed by atoms with Crippen LogP contribution in [0.5, 0.6) is 11.5 Å². The van der Waals surface area contributed by atoms with E-state index in [9.17, 15) is 15.3 Å². The third kappa shape index (κ3) is 5.43. The van der Waals surface area contributed by atoms with Crippen molar-refractivity contribution in [3.05, 3.63) is 57.6 Å². The summed E-state index contributed by atoms with van der Waals surface area (Å²) in [5, 5.41) is 30.0. The number of hydrogen-bond donors (Lipinski definition) is 3. The number of ether oxygens (including phenoxy) is 3. The molecule has 0 radical (unpaired) electrons. The third-order valence-corrected chi connectivity index (χ3v) is 4.34. The van der Waals surface area contributed by atoms with E-state index in [1.54, 1.807) is 21.3 Å². The zero-order valence-electron chi connectivity index (χ0n) is 16.1. The number of rotatable bonds is 10. The summed E-state index contributed by atoms with van der Waals surface area (Å²) < 4.78 is 15.5. The van der Waals surface area contributed by atoms with E-state index in [4.69, 9.17) is 14.2 Å². The van der Waals surface area contributed by atoms with E-state index in [1.165, 1.54) is 0 Å². The van der Waals surface area contributed by atoms with E-state index < -0.39 is 0 Å². The molecule has 0 atom stereocenters. The van der Waals surface area contributed by atoms with Crippen molar-refractivity contribution in [3.8, 4) is 11.5 Å². The second kappa shape index (κ2) is 10.3. The zero-order valence-corrected chi connectivity index (χ0v) is 16.1. The summed E-state index contributed by atoms with van der Waals surface area (Å²) in [4.78, 5) is 0. The second-order valence-electron chi connectivity index (χ2n) is 6.47. The Hall–Kier alpha value is -2.12. The van der Waals surface area contributed by atoms with Gasteiger partial charge in [0.1, 0.15) is 11.5 Å². The first-order valence-electron chi connectivity index (χ1n) is 8.78. The van der Waals surface area contributed by atoms with Gasteiger partial charge in [-0.05, 0) is 47.7 Å². The summed E-state index contributed by atoms with van der Waals surface area (Å²) in [7, 11) is 4.74. The van der Waals surface area contributed by atoms with Gasteiger partial charge in [0.15, 0.2) is 0 Å². The molecule has 0 aromatic heterocycles. The Labute approximate surface area is 159 Å². The maximum Gasteiger partial charge on any atom is 0.126 e. The van der Waals surface area contributed by atoms with Crippen LogP contribution < -0.4 is 0 Å². The lowest BCUT2D eigenvalue weighted by Gasteiger charge is -2.15. The molecule has 2 rings (SSSR count). The molecule has 0 fully saturated rings. The number of phenols is 2. The summed E-state index contributed by atoms with van der Waals surface area (Å²) in [5.41, 5.74) is 4.76. The van der Waals surface area contributed by atoms with Gasteiger partial charge < -0.3 is 29.5 Å². The van der Waals surface area contributed by atoms with Crippen LogP contribution in [0.1, 0.15) is 33.4 Å². The van der Waals surface area contributed by atoms with Gasteiger partial charge in [-0.2, -0.15) is 0 Å². The van der Waals surface area contributed by atoms with Crippen LogP contribution in [-0.2, 0) is 46.9 Å². The van der Waals surface area contributed by atoms with Gasteiger partial charge in [0.25, 0.3) is 0 Å². The molecule has 0 saturated carbocycles. The van der Waals surface area contributed by atoms with Crippen molar-refractivity contribution < 1.29 is 29.5 Å². The van der Waals surface area contributed by atoms with Crippen LogP contribution in [0, 0.1) is 0 Å². The number of benzene rings is 2. The van der Waals surface area contributed by atoms with Crippen molar-refractivity contribution in [1.82, 2.24) is 0 Å². The summed E-state index contributed by atoms with van der Waals surface area (Å²) in [6.07, 6.45) is 0.971. The Morgan fingerprint density at radius 2 is 1.04 bits per heavy atom. The summed E-state index contributed by atoms with van der Waals surface area (Å²) in [6, 6.07) is 7.61. The molecule has 0 aliphatic heterocycles. The van der Waals surface area contributed by atoms with Crippen molar-refractivity contribution >= 4 is 0 Å². The molecule has 0 bridgehead atoms. The van der Waals surface area contributed by atoms with Crippen molar-refractivity contribution in [3.63, 3.8) is 0 Å². The normalized spacial score (nSPS) is 11.1. The van der Waals surface area contributed by atoms with Gasteiger partial charge in [0, 0.05) is 44.6 Å². The van der Waals surface area contributed by atoms with Crippen molar-refractivity contribution in [2.45, 2.75) is 32.7 Å². The molecule has 3 N–H and O–H groups in total. The first-order valence-corrected chi connectivity index (χ1v) is 8.78. The number of aliphatic hydroxyl groups excluding tert-OH is 1. The van der Waals surface area contributed by atoms with Gasteiger partial charge in [-0.25, -0.2) is 0 Å². The molecule has 148 valence electrons. The smallest absolute Gasteiger partial charge is 0.126 e. The minimum absolute atomic E-state index is 0.0430. The first kappa shape index (κ1) is 21.2. The molecule has 2 aromatic rings. The average Bonchev–Trinajstić information content (AvgIpc) is 2.63. The topological polar surface area (TPSA) is 88.4 Å². The first-order chi connectivity index (χ1) is 13.0. The molecule has 0 aliphatic rings. The molecule has 0 heterocycles. The monoisotopic (exact) mass is 376 g/mol. The highest BCUT2D eigenvalue weighted by molar-refractivity contribution is 5.48. The maximum absolute atomic E-state index is 10.4. The molecule has 0 unspecified atom stereocenters. The van der Waals surface area contributed by atoms with Crippen LogP contribution in [0.2, 0.25) is 0 Å². The van der Waals surface area contributed by atoms with Crippen molar-refractivity contribution in [1.29, 1.82) is 0 Å². The van der Waals surface area contributed by atoms with Crippen LogP contribution >= 0.6 is 0 Å². The molecule has 2 aromatic carbocycles. The molecular weight excluding hydrogens is 348 g/mol. The molecular formula is C21H28O6. The largest absolute Gasteiger partial charge is 0.507 e. The molecule has 0 aliphatic carbocycles. The summed E-state index contributed by atoms with van der Waals surface area (Å²) in [5.74, 6) is 0.356. The fraction of sp³-hybridized carbons (Fsp3) is 0.429. The predicted octanol–water partition coefficient (Wildman–Crippen LogP) is 2.66. The fourth-order valence-corrected chi connectivity index (χ4v) is 3.21. The lowest BCUT2D eigenvalue weighted by Crippen LogP contribution is -2.02.